The van der Waals surface area contributed by atoms with Crippen molar-refractivity contribution in [3.8, 4) is 0 Å². The number of nitrogens with one attached hydrogen (secondary N) is 1. The first-order chi connectivity index (χ1) is 6.75. The highest BCUT2D eigenvalue weighted by Crippen LogP contribution is 2.21. The lowest BCUT2D eigenvalue weighted by molar-refractivity contribution is 0.142. The molecule has 0 fully saturated rings. The van der Waals surface area contributed by atoms with Gasteiger partial charge in [0.1, 0.15) is 5.69 Å². The molecule has 1 aromatic rings. The van der Waals surface area contributed by atoms with Crippen LogP contribution in [-0.2, 0) is 10.0 Å². The van der Waals surface area contributed by atoms with E-state index in [4.69, 9.17) is 5.73 Å². The SMILES string of the molecule is Nc1c[nH]c(C(F)F)c(S(N)(=O)=O)c1=O. The number of primary sulfonamides is 1. The van der Waals surface area contributed by atoms with E-state index in [-0.39, 0.29) is 0 Å². The van der Waals surface area contributed by atoms with E-state index < -0.39 is 38.2 Å². The van der Waals surface area contributed by atoms with Crippen LogP contribution in [0, 0.1) is 0 Å². The molecule has 1 rings (SSSR count). The Morgan fingerprint density at radius 1 is 1.40 bits per heavy atom. The zero-order chi connectivity index (χ0) is 11.8. The molecule has 0 aromatic carbocycles. The minimum atomic E-state index is -4.54. The predicted molar refractivity (Wildman–Crippen MR) is 47.8 cm³/mol. The van der Waals surface area contributed by atoms with Gasteiger partial charge in [-0.05, 0) is 0 Å². The first-order valence-electron chi connectivity index (χ1n) is 3.57. The summed E-state index contributed by atoms with van der Waals surface area (Å²) in [7, 11) is -4.54. The summed E-state index contributed by atoms with van der Waals surface area (Å²) in [5, 5.41) is 4.63. The lowest BCUT2D eigenvalue weighted by Crippen LogP contribution is -2.26. The number of rotatable bonds is 2. The monoisotopic (exact) mass is 239 g/mol. The highest BCUT2D eigenvalue weighted by atomic mass is 32.2. The number of pyridine rings is 1. The lowest BCUT2D eigenvalue weighted by atomic mass is 10.3. The first kappa shape index (κ1) is 11.6. The molecule has 0 radical (unpaired) electrons. The zero-order valence-corrected chi connectivity index (χ0v) is 8.01. The molecule has 0 bridgehead atoms. The molecule has 0 saturated heterocycles. The van der Waals surface area contributed by atoms with Crippen LogP contribution in [0.2, 0.25) is 0 Å². The summed E-state index contributed by atoms with van der Waals surface area (Å²) < 4.78 is 46.5. The predicted octanol–water partition coefficient (Wildman–Crippen LogP) is -0.458. The largest absolute Gasteiger partial charge is 0.394 e. The molecule has 0 aliphatic carbocycles. The second-order valence-electron chi connectivity index (χ2n) is 2.66. The van der Waals surface area contributed by atoms with Gasteiger partial charge in [-0.1, -0.05) is 0 Å². The number of alkyl halides is 2. The Labute approximate surface area is 82.9 Å². The van der Waals surface area contributed by atoms with Gasteiger partial charge in [-0.15, -0.1) is 0 Å². The molecular weight excluding hydrogens is 232 g/mol. The van der Waals surface area contributed by atoms with Crippen LogP contribution in [-0.4, -0.2) is 13.4 Å². The summed E-state index contributed by atoms with van der Waals surface area (Å²) in [6.07, 6.45) is -2.37. The average Bonchev–Trinajstić information content (AvgIpc) is 2.06. The van der Waals surface area contributed by atoms with E-state index in [9.17, 15) is 22.0 Å². The number of aromatic amines is 1. The van der Waals surface area contributed by atoms with Crippen LogP contribution in [0.25, 0.3) is 0 Å². The number of halogens is 2. The molecule has 1 heterocycles. The first-order valence-corrected chi connectivity index (χ1v) is 5.11. The van der Waals surface area contributed by atoms with Crippen LogP contribution in [0.15, 0.2) is 15.9 Å². The molecule has 5 N–H and O–H groups in total. The third kappa shape index (κ3) is 2.13. The number of nitrogens with two attached hydrogens (primary N) is 2. The Balaban J connectivity index is 3.73. The van der Waals surface area contributed by atoms with Crippen molar-refractivity contribution >= 4 is 15.7 Å². The molecular formula is C6H7F2N3O3S. The van der Waals surface area contributed by atoms with Gasteiger partial charge < -0.3 is 10.7 Å². The van der Waals surface area contributed by atoms with E-state index in [1.54, 1.807) is 0 Å². The Hall–Kier alpha value is -1.48. The van der Waals surface area contributed by atoms with Gasteiger partial charge in [0, 0.05) is 6.20 Å². The molecule has 0 unspecified atom stereocenters. The van der Waals surface area contributed by atoms with Crippen molar-refractivity contribution in [3.63, 3.8) is 0 Å². The van der Waals surface area contributed by atoms with Crippen molar-refractivity contribution < 1.29 is 17.2 Å². The summed E-state index contributed by atoms with van der Waals surface area (Å²) in [4.78, 5) is 11.9. The van der Waals surface area contributed by atoms with Crippen LogP contribution in [0.1, 0.15) is 12.1 Å². The van der Waals surface area contributed by atoms with E-state index >= 15 is 0 Å². The van der Waals surface area contributed by atoms with E-state index in [1.165, 1.54) is 0 Å². The minimum absolute atomic E-state index is 0.497. The number of hydrogen-bond acceptors (Lipinski definition) is 4. The third-order valence-corrected chi connectivity index (χ3v) is 2.57. The lowest BCUT2D eigenvalue weighted by Gasteiger charge is -2.06. The smallest absolute Gasteiger partial charge is 0.279 e. The van der Waals surface area contributed by atoms with Gasteiger partial charge >= 0.3 is 0 Å². The maximum Gasteiger partial charge on any atom is 0.279 e. The minimum Gasteiger partial charge on any atom is -0.394 e. The standard InChI is InChI=1S/C6H7F2N3O3S/c7-6(8)3-5(15(10,13)14)4(12)2(9)1-11-3/h1,6H,9H2,(H,11,12)(H2,10,13,14). The molecule has 0 aliphatic heterocycles. The number of sulfonamides is 1. The second kappa shape index (κ2) is 3.59. The third-order valence-electron chi connectivity index (χ3n) is 1.60. The molecule has 0 aliphatic rings. The van der Waals surface area contributed by atoms with Gasteiger partial charge in [-0.2, -0.15) is 0 Å². The van der Waals surface area contributed by atoms with Crippen LogP contribution >= 0.6 is 0 Å². The molecule has 6 nitrogen and oxygen atoms in total. The maximum atomic E-state index is 12.3. The molecule has 0 spiro atoms. The summed E-state index contributed by atoms with van der Waals surface area (Å²) in [6.45, 7) is 0. The van der Waals surface area contributed by atoms with E-state index in [2.05, 4.69) is 5.14 Å². The van der Waals surface area contributed by atoms with Crippen LogP contribution in [0.4, 0.5) is 14.5 Å². The van der Waals surface area contributed by atoms with Crippen LogP contribution < -0.4 is 16.3 Å². The molecule has 0 atom stereocenters. The van der Waals surface area contributed by atoms with Gasteiger partial charge in [-0.25, -0.2) is 22.3 Å². The maximum absolute atomic E-state index is 12.3. The fraction of sp³-hybridized carbons (Fsp3) is 0.167. The van der Waals surface area contributed by atoms with E-state index in [0.29, 0.717) is 0 Å². The Morgan fingerprint density at radius 3 is 2.33 bits per heavy atom. The van der Waals surface area contributed by atoms with Crippen molar-refractivity contribution in [1.29, 1.82) is 0 Å². The second-order valence-corrected chi connectivity index (χ2v) is 4.16. The molecule has 15 heavy (non-hydrogen) atoms. The summed E-state index contributed by atoms with van der Waals surface area (Å²) in [5.74, 6) is 0. The van der Waals surface area contributed by atoms with Crippen molar-refractivity contribution in [2.75, 3.05) is 5.73 Å². The molecule has 0 saturated carbocycles. The topological polar surface area (TPSA) is 119 Å². The van der Waals surface area contributed by atoms with Crippen molar-refractivity contribution in [2.45, 2.75) is 11.3 Å². The number of aromatic nitrogens is 1. The highest BCUT2D eigenvalue weighted by Gasteiger charge is 2.25. The van der Waals surface area contributed by atoms with Crippen LogP contribution in [0.3, 0.4) is 0 Å². The van der Waals surface area contributed by atoms with Crippen molar-refractivity contribution in [3.05, 3.63) is 22.1 Å². The van der Waals surface area contributed by atoms with Crippen molar-refractivity contribution in [2.24, 2.45) is 5.14 Å². The fourth-order valence-corrected chi connectivity index (χ4v) is 1.82. The van der Waals surface area contributed by atoms with E-state index in [1.807, 2.05) is 4.98 Å². The number of hydrogen-bond donors (Lipinski definition) is 3. The Kier molecular flexibility index (Phi) is 2.77. The summed E-state index contributed by atoms with van der Waals surface area (Å²) >= 11 is 0. The van der Waals surface area contributed by atoms with Gasteiger partial charge in [0.05, 0.1) is 5.69 Å². The number of H-pyrrole nitrogens is 1. The highest BCUT2D eigenvalue weighted by molar-refractivity contribution is 7.89. The number of nitrogen functional groups attached to an aromatic ring is 1. The Bertz CT molecular complexity index is 537. The zero-order valence-electron chi connectivity index (χ0n) is 7.20. The van der Waals surface area contributed by atoms with Gasteiger partial charge in [0.15, 0.2) is 4.90 Å². The average molecular weight is 239 g/mol. The Morgan fingerprint density at radius 2 is 1.93 bits per heavy atom. The van der Waals surface area contributed by atoms with Crippen LogP contribution in [0.5, 0.6) is 0 Å². The summed E-state index contributed by atoms with van der Waals surface area (Å²) in [5.41, 5.74) is 2.29. The van der Waals surface area contributed by atoms with Gasteiger partial charge in [0.2, 0.25) is 15.5 Å². The van der Waals surface area contributed by atoms with Gasteiger partial charge in [-0.3, -0.25) is 4.79 Å². The van der Waals surface area contributed by atoms with E-state index in [0.717, 1.165) is 6.20 Å². The molecule has 84 valence electrons. The fourth-order valence-electron chi connectivity index (χ4n) is 0.985. The quantitative estimate of drug-likeness (QED) is 0.647. The van der Waals surface area contributed by atoms with Gasteiger partial charge in [0.25, 0.3) is 6.43 Å². The normalized spacial score (nSPS) is 12.0. The summed E-state index contributed by atoms with van der Waals surface area (Å²) in [6, 6.07) is 0. The number of anilines is 1. The molecule has 0 amide bonds. The molecule has 1 aromatic heterocycles. The van der Waals surface area contributed by atoms with Crippen molar-refractivity contribution in [1.82, 2.24) is 4.98 Å². The molecule has 9 heteroatoms.